The molecule has 0 atom stereocenters. The van der Waals surface area contributed by atoms with Crippen molar-refractivity contribution in [1.29, 1.82) is 0 Å². The third-order valence-corrected chi connectivity index (χ3v) is 2.59. The SMILES string of the molecule is Cn1cccc1C=CCNC(=O)Oc1ccccc1. The van der Waals surface area contributed by atoms with Crippen LogP contribution >= 0.6 is 0 Å². The summed E-state index contributed by atoms with van der Waals surface area (Å²) in [7, 11) is 1.97. The van der Waals surface area contributed by atoms with Crippen molar-refractivity contribution < 1.29 is 9.53 Å². The van der Waals surface area contributed by atoms with Gasteiger partial charge < -0.3 is 14.6 Å². The van der Waals surface area contributed by atoms with E-state index in [0.29, 0.717) is 12.3 Å². The number of aryl methyl sites for hydroxylation is 1. The van der Waals surface area contributed by atoms with Gasteiger partial charge in [0.2, 0.25) is 0 Å². The molecule has 0 saturated carbocycles. The summed E-state index contributed by atoms with van der Waals surface area (Å²) in [5.74, 6) is 0.534. The molecule has 4 nitrogen and oxygen atoms in total. The Kier molecular flexibility index (Phi) is 4.39. The molecule has 1 aromatic heterocycles. The molecule has 0 saturated heterocycles. The first-order valence-corrected chi connectivity index (χ1v) is 6.04. The Morgan fingerprint density at radius 1 is 1.26 bits per heavy atom. The van der Waals surface area contributed by atoms with Gasteiger partial charge in [-0.25, -0.2) is 4.79 Å². The molecule has 2 rings (SSSR count). The third kappa shape index (κ3) is 4.03. The van der Waals surface area contributed by atoms with E-state index in [9.17, 15) is 4.79 Å². The maximum Gasteiger partial charge on any atom is 0.412 e. The van der Waals surface area contributed by atoms with Crippen LogP contribution in [-0.2, 0) is 7.05 Å². The molecule has 19 heavy (non-hydrogen) atoms. The molecule has 2 aromatic rings. The number of ether oxygens (including phenoxy) is 1. The van der Waals surface area contributed by atoms with Crippen molar-refractivity contribution >= 4 is 12.2 Å². The van der Waals surface area contributed by atoms with Crippen molar-refractivity contribution in [3.05, 3.63) is 60.4 Å². The summed E-state index contributed by atoms with van der Waals surface area (Å²) >= 11 is 0. The van der Waals surface area contributed by atoms with Crippen molar-refractivity contribution in [2.45, 2.75) is 0 Å². The predicted molar refractivity (Wildman–Crippen MR) is 74.9 cm³/mol. The van der Waals surface area contributed by atoms with Crippen LogP contribution in [0.5, 0.6) is 5.75 Å². The van der Waals surface area contributed by atoms with Crippen LogP contribution in [0.2, 0.25) is 0 Å². The van der Waals surface area contributed by atoms with Gasteiger partial charge in [0.25, 0.3) is 0 Å². The first-order valence-electron chi connectivity index (χ1n) is 6.04. The quantitative estimate of drug-likeness (QED) is 0.914. The van der Waals surface area contributed by atoms with Gasteiger partial charge in [-0.2, -0.15) is 0 Å². The molecule has 0 aliphatic carbocycles. The summed E-state index contributed by atoms with van der Waals surface area (Å²) in [6.45, 7) is 0.427. The molecule has 0 aliphatic rings. The largest absolute Gasteiger partial charge is 0.412 e. The molecular formula is C15H16N2O2. The number of para-hydroxylation sites is 1. The topological polar surface area (TPSA) is 43.3 Å². The lowest BCUT2D eigenvalue weighted by molar-refractivity contribution is 0.201. The zero-order valence-corrected chi connectivity index (χ0v) is 10.7. The maximum absolute atomic E-state index is 11.5. The molecular weight excluding hydrogens is 240 g/mol. The van der Waals surface area contributed by atoms with Gasteiger partial charge in [0.1, 0.15) is 5.75 Å². The Morgan fingerprint density at radius 3 is 2.74 bits per heavy atom. The van der Waals surface area contributed by atoms with Gasteiger partial charge in [-0.3, -0.25) is 0 Å². The lowest BCUT2D eigenvalue weighted by Gasteiger charge is -2.04. The Balaban J connectivity index is 1.75. The molecule has 1 N–H and O–H groups in total. The number of benzene rings is 1. The fourth-order valence-corrected chi connectivity index (χ4v) is 1.60. The Bertz CT molecular complexity index is 559. The van der Waals surface area contributed by atoms with E-state index in [4.69, 9.17) is 4.74 Å². The second-order valence-corrected chi connectivity index (χ2v) is 4.03. The van der Waals surface area contributed by atoms with Crippen LogP contribution < -0.4 is 10.1 Å². The van der Waals surface area contributed by atoms with E-state index in [1.54, 1.807) is 12.1 Å². The Morgan fingerprint density at radius 2 is 2.05 bits per heavy atom. The van der Waals surface area contributed by atoms with Crippen molar-refractivity contribution in [1.82, 2.24) is 9.88 Å². The van der Waals surface area contributed by atoms with Crippen molar-refractivity contribution in [3.8, 4) is 5.75 Å². The number of carbonyl (C=O) groups is 1. The van der Waals surface area contributed by atoms with E-state index >= 15 is 0 Å². The fourth-order valence-electron chi connectivity index (χ4n) is 1.60. The van der Waals surface area contributed by atoms with E-state index in [1.165, 1.54) is 0 Å². The van der Waals surface area contributed by atoms with E-state index in [1.807, 2.05) is 60.3 Å². The van der Waals surface area contributed by atoms with Crippen LogP contribution in [0.25, 0.3) is 6.08 Å². The van der Waals surface area contributed by atoms with E-state index in [-0.39, 0.29) is 0 Å². The van der Waals surface area contributed by atoms with Crippen molar-refractivity contribution in [2.75, 3.05) is 6.54 Å². The average molecular weight is 256 g/mol. The fraction of sp³-hybridized carbons (Fsp3) is 0.133. The highest BCUT2D eigenvalue weighted by molar-refractivity contribution is 5.70. The van der Waals surface area contributed by atoms with Gasteiger partial charge in [0, 0.05) is 25.5 Å². The number of aromatic nitrogens is 1. The number of rotatable bonds is 4. The van der Waals surface area contributed by atoms with Crippen molar-refractivity contribution in [3.63, 3.8) is 0 Å². The first-order chi connectivity index (χ1) is 9.25. The summed E-state index contributed by atoms with van der Waals surface area (Å²) in [5, 5.41) is 2.66. The standard InChI is InChI=1S/C15H16N2O2/c1-17-12-6-8-13(17)7-5-11-16-15(18)19-14-9-3-2-4-10-14/h2-10,12H,11H2,1H3,(H,16,18). The van der Waals surface area contributed by atoms with Crippen LogP contribution in [0.1, 0.15) is 5.69 Å². The van der Waals surface area contributed by atoms with Crippen LogP contribution in [0, 0.1) is 0 Å². The van der Waals surface area contributed by atoms with E-state index in [2.05, 4.69) is 5.32 Å². The molecule has 0 spiro atoms. The second-order valence-electron chi connectivity index (χ2n) is 4.03. The minimum Gasteiger partial charge on any atom is -0.410 e. The van der Waals surface area contributed by atoms with Gasteiger partial charge in [-0.05, 0) is 30.3 Å². The molecule has 98 valence electrons. The van der Waals surface area contributed by atoms with Crippen molar-refractivity contribution in [2.24, 2.45) is 7.05 Å². The highest BCUT2D eigenvalue weighted by Gasteiger charge is 2.00. The zero-order valence-electron chi connectivity index (χ0n) is 10.7. The van der Waals surface area contributed by atoms with Gasteiger partial charge >= 0.3 is 6.09 Å². The monoisotopic (exact) mass is 256 g/mol. The molecule has 0 fully saturated rings. The van der Waals surface area contributed by atoms with Gasteiger partial charge in [-0.15, -0.1) is 0 Å². The third-order valence-electron chi connectivity index (χ3n) is 2.59. The summed E-state index contributed by atoms with van der Waals surface area (Å²) in [4.78, 5) is 11.5. The Labute approximate surface area is 112 Å². The number of hydrogen-bond donors (Lipinski definition) is 1. The lowest BCUT2D eigenvalue weighted by Crippen LogP contribution is -2.26. The number of carbonyl (C=O) groups excluding carboxylic acids is 1. The average Bonchev–Trinajstić information content (AvgIpc) is 2.81. The minimum atomic E-state index is -0.456. The normalized spacial score (nSPS) is 10.6. The first kappa shape index (κ1) is 13.0. The summed E-state index contributed by atoms with van der Waals surface area (Å²) < 4.78 is 7.09. The second kappa shape index (κ2) is 6.44. The van der Waals surface area contributed by atoms with Gasteiger partial charge in [-0.1, -0.05) is 24.3 Å². The molecule has 0 unspecified atom stereocenters. The van der Waals surface area contributed by atoms with Gasteiger partial charge in [0.15, 0.2) is 0 Å². The highest BCUT2D eigenvalue weighted by Crippen LogP contribution is 2.08. The number of hydrogen-bond acceptors (Lipinski definition) is 2. The van der Waals surface area contributed by atoms with E-state index < -0.39 is 6.09 Å². The van der Waals surface area contributed by atoms with Crippen LogP contribution in [0.3, 0.4) is 0 Å². The molecule has 0 bridgehead atoms. The summed E-state index contributed by atoms with van der Waals surface area (Å²) in [6.07, 6.45) is 5.34. The summed E-state index contributed by atoms with van der Waals surface area (Å²) in [6, 6.07) is 12.9. The smallest absolute Gasteiger partial charge is 0.410 e. The van der Waals surface area contributed by atoms with Crippen LogP contribution in [-0.4, -0.2) is 17.2 Å². The Hall–Kier alpha value is -2.49. The highest BCUT2D eigenvalue weighted by atomic mass is 16.5. The number of nitrogens with one attached hydrogen (secondary N) is 1. The number of nitrogens with zero attached hydrogens (tertiary/aromatic N) is 1. The molecule has 0 radical (unpaired) electrons. The molecule has 0 aliphatic heterocycles. The van der Waals surface area contributed by atoms with Gasteiger partial charge in [0.05, 0.1) is 0 Å². The predicted octanol–water partition coefficient (Wildman–Crippen LogP) is 2.83. The van der Waals surface area contributed by atoms with E-state index in [0.717, 1.165) is 5.69 Å². The molecule has 4 heteroatoms. The molecule has 1 amide bonds. The number of amides is 1. The zero-order chi connectivity index (χ0) is 13.5. The van der Waals surface area contributed by atoms with Crippen LogP contribution in [0.15, 0.2) is 54.7 Å². The maximum atomic E-state index is 11.5. The molecule has 1 aromatic carbocycles. The molecule has 1 heterocycles. The van der Waals surface area contributed by atoms with Crippen LogP contribution in [0.4, 0.5) is 4.79 Å². The minimum absolute atomic E-state index is 0.427. The lowest BCUT2D eigenvalue weighted by atomic mass is 10.3. The summed E-state index contributed by atoms with van der Waals surface area (Å²) in [5.41, 5.74) is 1.08.